The van der Waals surface area contributed by atoms with Gasteiger partial charge in [-0.15, -0.1) is 0 Å². The standard InChI is InChI=1S/C17H18N4O2/c1-2-6-15-14(5-1)16(21-7-10-22-11-8-21)20-17(19-15)18-12-13-4-3-9-23-13/h1-6,9H,7-8,10-12H2,(H,18,19,20). The molecule has 0 bridgehead atoms. The van der Waals surface area contributed by atoms with Gasteiger partial charge in [0.25, 0.3) is 0 Å². The average molecular weight is 310 g/mol. The number of nitrogens with zero attached hydrogens (tertiary/aromatic N) is 3. The minimum atomic E-state index is 0.563. The van der Waals surface area contributed by atoms with Crippen LogP contribution in [0.25, 0.3) is 10.9 Å². The van der Waals surface area contributed by atoms with Gasteiger partial charge >= 0.3 is 0 Å². The molecule has 1 fully saturated rings. The number of hydrogen-bond donors (Lipinski definition) is 1. The van der Waals surface area contributed by atoms with E-state index in [0.717, 1.165) is 48.8 Å². The predicted molar refractivity (Wildman–Crippen MR) is 88.6 cm³/mol. The summed E-state index contributed by atoms with van der Waals surface area (Å²) in [6, 6.07) is 11.9. The third-order valence-electron chi connectivity index (χ3n) is 3.89. The Morgan fingerprint density at radius 3 is 2.74 bits per heavy atom. The highest BCUT2D eigenvalue weighted by molar-refractivity contribution is 5.90. The molecule has 1 saturated heterocycles. The highest BCUT2D eigenvalue weighted by atomic mass is 16.5. The summed E-state index contributed by atoms with van der Waals surface area (Å²) in [6.07, 6.45) is 1.66. The van der Waals surface area contributed by atoms with Crippen LogP contribution in [0.5, 0.6) is 0 Å². The Morgan fingerprint density at radius 1 is 1.04 bits per heavy atom. The van der Waals surface area contributed by atoms with Crippen molar-refractivity contribution in [3.8, 4) is 0 Å². The molecule has 3 heterocycles. The molecule has 6 nitrogen and oxygen atoms in total. The number of furan rings is 1. The minimum absolute atomic E-state index is 0.563. The highest BCUT2D eigenvalue weighted by Gasteiger charge is 2.17. The van der Waals surface area contributed by atoms with Crippen LogP contribution in [0.3, 0.4) is 0 Å². The van der Waals surface area contributed by atoms with E-state index in [9.17, 15) is 0 Å². The molecular formula is C17H18N4O2. The zero-order chi connectivity index (χ0) is 15.5. The number of aromatic nitrogens is 2. The average Bonchev–Trinajstić information content (AvgIpc) is 3.13. The second kappa shape index (κ2) is 6.26. The molecule has 0 spiro atoms. The van der Waals surface area contributed by atoms with Crippen molar-refractivity contribution < 1.29 is 9.15 Å². The first-order valence-corrected chi connectivity index (χ1v) is 7.76. The Balaban J connectivity index is 1.67. The molecule has 0 atom stereocenters. The maximum atomic E-state index is 5.45. The van der Waals surface area contributed by atoms with Gasteiger partial charge in [-0.3, -0.25) is 0 Å². The first-order valence-electron chi connectivity index (χ1n) is 7.76. The number of hydrogen-bond acceptors (Lipinski definition) is 6. The number of benzene rings is 1. The minimum Gasteiger partial charge on any atom is -0.467 e. The van der Waals surface area contributed by atoms with E-state index in [2.05, 4.69) is 21.3 Å². The summed E-state index contributed by atoms with van der Waals surface area (Å²) in [6.45, 7) is 3.71. The van der Waals surface area contributed by atoms with E-state index in [-0.39, 0.29) is 0 Å². The van der Waals surface area contributed by atoms with Crippen molar-refractivity contribution in [1.29, 1.82) is 0 Å². The van der Waals surface area contributed by atoms with E-state index in [1.165, 1.54) is 0 Å². The number of ether oxygens (including phenoxy) is 1. The molecule has 1 aliphatic rings. The Bertz CT molecular complexity index is 782. The number of morpholine rings is 1. The van der Waals surface area contributed by atoms with Crippen LogP contribution in [-0.2, 0) is 11.3 Å². The number of fused-ring (bicyclic) bond motifs is 1. The lowest BCUT2D eigenvalue weighted by atomic mass is 10.2. The van der Waals surface area contributed by atoms with Crippen LogP contribution in [0, 0.1) is 0 Å². The van der Waals surface area contributed by atoms with E-state index < -0.39 is 0 Å². The molecule has 1 aromatic carbocycles. The monoisotopic (exact) mass is 310 g/mol. The Morgan fingerprint density at radius 2 is 1.91 bits per heavy atom. The lowest BCUT2D eigenvalue weighted by molar-refractivity contribution is 0.122. The fourth-order valence-electron chi connectivity index (χ4n) is 2.73. The van der Waals surface area contributed by atoms with E-state index in [4.69, 9.17) is 14.1 Å². The van der Waals surface area contributed by atoms with Crippen LogP contribution in [0.1, 0.15) is 5.76 Å². The lowest BCUT2D eigenvalue weighted by Crippen LogP contribution is -2.37. The number of para-hydroxylation sites is 1. The Labute approximate surface area is 134 Å². The van der Waals surface area contributed by atoms with Gasteiger partial charge in [0.1, 0.15) is 11.6 Å². The molecule has 4 rings (SSSR count). The smallest absolute Gasteiger partial charge is 0.225 e. The Hall–Kier alpha value is -2.60. The summed E-state index contributed by atoms with van der Waals surface area (Å²) < 4.78 is 10.8. The number of anilines is 2. The van der Waals surface area contributed by atoms with E-state index >= 15 is 0 Å². The van der Waals surface area contributed by atoms with Gasteiger partial charge in [0, 0.05) is 18.5 Å². The normalized spacial score (nSPS) is 15.0. The van der Waals surface area contributed by atoms with Crippen LogP contribution in [0.4, 0.5) is 11.8 Å². The van der Waals surface area contributed by atoms with Crippen molar-refractivity contribution >= 4 is 22.7 Å². The first kappa shape index (κ1) is 14.0. The second-order valence-electron chi connectivity index (χ2n) is 5.42. The second-order valence-corrected chi connectivity index (χ2v) is 5.42. The van der Waals surface area contributed by atoms with Gasteiger partial charge in [0.15, 0.2) is 0 Å². The topological polar surface area (TPSA) is 63.4 Å². The highest BCUT2D eigenvalue weighted by Crippen LogP contribution is 2.26. The van der Waals surface area contributed by atoms with Crippen LogP contribution < -0.4 is 10.2 Å². The van der Waals surface area contributed by atoms with Gasteiger partial charge < -0.3 is 19.4 Å². The molecule has 0 saturated carbocycles. The van der Waals surface area contributed by atoms with E-state index in [1.807, 2.05) is 30.3 Å². The van der Waals surface area contributed by atoms with Crippen LogP contribution in [-0.4, -0.2) is 36.3 Å². The first-order chi connectivity index (χ1) is 11.4. The summed E-state index contributed by atoms with van der Waals surface area (Å²) in [4.78, 5) is 11.6. The van der Waals surface area contributed by atoms with Gasteiger partial charge in [0.05, 0.1) is 31.5 Å². The van der Waals surface area contributed by atoms with Gasteiger partial charge in [-0.25, -0.2) is 4.98 Å². The van der Waals surface area contributed by atoms with E-state index in [0.29, 0.717) is 12.5 Å². The summed E-state index contributed by atoms with van der Waals surface area (Å²) in [5, 5.41) is 4.31. The maximum absolute atomic E-state index is 5.45. The molecule has 1 aliphatic heterocycles. The quantitative estimate of drug-likeness (QED) is 0.799. The third kappa shape index (κ3) is 2.98. The largest absolute Gasteiger partial charge is 0.467 e. The molecule has 0 unspecified atom stereocenters. The third-order valence-corrected chi connectivity index (χ3v) is 3.89. The summed E-state index contributed by atoms with van der Waals surface area (Å²) in [7, 11) is 0. The maximum Gasteiger partial charge on any atom is 0.225 e. The van der Waals surface area contributed by atoms with Gasteiger partial charge in [-0.05, 0) is 24.3 Å². The number of rotatable bonds is 4. The van der Waals surface area contributed by atoms with Crippen molar-refractivity contribution in [2.75, 3.05) is 36.5 Å². The lowest BCUT2D eigenvalue weighted by Gasteiger charge is -2.28. The fraction of sp³-hybridized carbons (Fsp3) is 0.294. The van der Waals surface area contributed by atoms with Crippen LogP contribution >= 0.6 is 0 Å². The summed E-state index contributed by atoms with van der Waals surface area (Å²) in [5.74, 6) is 2.43. The van der Waals surface area contributed by atoms with Crippen LogP contribution in [0.15, 0.2) is 47.1 Å². The van der Waals surface area contributed by atoms with Crippen molar-refractivity contribution in [2.45, 2.75) is 6.54 Å². The molecule has 3 aromatic rings. The summed E-state index contributed by atoms with van der Waals surface area (Å²) in [5.41, 5.74) is 0.936. The van der Waals surface area contributed by atoms with Gasteiger partial charge in [-0.1, -0.05) is 12.1 Å². The molecule has 118 valence electrons. The molecule has 0 aliphatic carbocycles. The summed E-state index contributed by atoms with van der Waals surface area (Å²) >= 11 is 0. The van der Waals surface area contributed by atoms with Crippen molar-refractivity contribution in [2.24, 2.45) is 0 Å². The zero-order valence-corrected chi connectivity index (χ0v) is 12.7. The van der Waals surface area contributed by atoms with Crippen LogP contribution in [0.2, 0.25) is 0 Å². The molecule has 0 amide bonds. The van der Waals surface area contributed by atoms with Gasteiger partial charge in [0.2, 0.25) is 5.95 Å². The number of nitrogens with one attached hydrogen (secondary N) is 1. The Kier molecular flexibility index (Phi) is 3.81. The molecule has 0 radical (unpaired) electrons. The van der Waals surface area contributed by atoms with Crippen molar-refractivity contribution in [1.82, 2.24) is 9.97 Å². The molecule has 1 N–H and O–H groups in total. The SMILES string of the molecule is c1coc(CNc2nc(N3CCOCC3)c3ccccc3n2)c1. The van der Waals surface area contributed by atoms with Crippen molar-refractivity contribution in [3.63, 3.8) is 0 Å². The zero-order valence-electron chi connectivity index (χ0n) is 12.7. The predicted octanol–water partition coefficient (Wildman–Crippen LogP) is 2.67. The molecule has 2 aromatic heterocycles. The molecule has 23 heavy (non-hydrogen) atoms. The van der Waals surface area contributed by atoms with Gasteiger partial charge in [-0.2, -0.15) is 4.98 Å². The molecule has 6 heteroatoms. The fourth-order valence-corrected chi connectivity index (χ4v) is 2.73. The van der Waals surface area contributed by atoms with E-state index in [1.54, 1.807) is 6.26 Å². The molecular weight excluding hydrogens is 292 g/mol. The van der Waals surface area contributed by atoms with Crippen molar-refractivity contribution in [3.05, 3.63) is 48.4 Å².